The first-order valence-electron chi connectivity index (χ1n) is 5.10. The number of aldehydes is 1. The SMILES string of the molecule is Cn1cc(C=O)c2c(-c3ccco3)ncnc21. The highest BCUT2D eigenvalue weighted by Crippen LogP contribution is 2.28. The molecule has 5 nitrogen and oxygen atoms in total. The lowest BCUT2D eigenvalue weighted by Crippen LogP contribution is -1.91. The van der Waals surface area contributed by atoms with Crippen molar-refractivity contribution in [2.75, 3.05) is 0 Å². The normalized spacial score (nSPS) is 10.9. The summed E-state index contributed by atoms with van der Waals surface area (Å²) in [7, 11) is 1.84. The fraction of sp³-hybridized carbons (Fsp3) is 0.0833. The summed E-state index contributed by atoms with van der Waals surface area (Å²) >= 11 is 0. The minimum Gasteiger partial charge on any atom is -0.463 e. The molecule has 0 bridgehead atoms. The van der Waals surface area contributed by atoms with E-state index in [1.165, 1.54) is 6.33 Å². The fourth-order valence-corrected chi connectivity index (χ4v) is 1.93. The van der Waals surface area contributed by atoms with Crippen LogP contribution in [0, 0.1) is 0 Å². The highest BCUT2D eigenvalue weighted by atomic mass is 16.3. The lowest BCUT2D eigenvalue weighted by molar-refractivity contribution is 0.112. The quantitative estimate of drug-likeness (QED) is 0.628. The van der Waals surface area contributed by atoms with Crippen LogP contribution in [-0.2, 0) is 7.05 Å². The van der Waals surface area contributed by atoms with E-state index in [1.807, 2.05) is 13.1 Å². The molecule has 17 heavy (non-hydrogen) atoms. The van der Waals surface area contributed by atoms with Gasteiger partial charge in [0.05, 0.1) is 11.6 Å². The second-order valence-electron chi connectivity index (χ2n) is 3.71. The zero-order valence-electron chi connectivity index (χ0n) is 9.12. The van der Waals surface area contributed by atoms with Crippen LogP contribution in [0.2, 0.25) is 0 Å². The molecular formula is C12H9N3O2. The number of carbonyl (C=O) groups is 1. The van der Waals surface area contributed by atoms with Gasteiger partial charge in [-0.3, -0.25) is 4.79 Å². The van der Waals surface area contributed by atoms with Crippen molar-refractivity contribution in [3.63, 3.8) is 0 Å². The third-order valence-corrected chi connectivity index (χ3v) is 2.66. The van der Waals surface area contributed by atoms with Crippen molar-refractivity contribution in [3.8, 4) is 11.5 Å². The molecular weight excluding hydrogens is 218 g/mol. The number of hydrogen-bond acceptors (Lipinski definition) is 4. The maximum Gasteiger partial charge on any atom is 0.153 e. The van der Waals surface area contributed by atoms with Gasteiger partial charge in [0.25, 0.3) is 0 Å². The van der Waals surface area contributed by atoms with Gasteiger partial charge in [0.1, 0.15) is 17.7 Å². The summed E-state index contributed by atoms with van der Waals surface area (Å²) in [5.74, 6) is 0.631. The number of aryl methyl sites for hydroxylation is 1. The van der Waals surface area contributed by atoms with Crippen molar-refractivity contribution in [2.45, 2.75) is 0 Å². The van der Waals surface area contributed by atoms with Crippen LogP contribution in [0.1, 0.15) is 10.4 Å². The van der Waals surface area contributed by atoms with E-state index in [4.69, 9.17) is 4.42 Å². The van der Waals surface area contributed by atoms with Crippen molar-refractivity contribution in [1.29, 1.82) is 0 Å². The number of furan rings is 1. The monoisotopic (exact) mass is 227 g/mol. The number of rotatable bonds is 2. The summed E-state index contributed by atoms with van der Waals surface area (Å²) < 4.78 is 7.12. The maximum atomic E-state index is 11.1. The van der Waals surface area contributed by atoms with Crippen LogP contribution < -0.4 is 0 Å². The van der Waals surface area contributed by atoms with E-state index in [0.717, 1.165) is 11.7 Å². The average molecular weight is 227 g/mol. The van der Waals surface area contributed by atoms with Crippen LogP contribution in [0.25, 0.3) is 22.5 Å². The van der Waals surface area contributed by atoms with Crippen LogP contribution in [0.4, 0.5) is 0 Å². The first kappa shape index (κ1) is 9.77. The van der Waals surface area contributed by atoms with Gasteiger partial charge in [-0.25, -0.2) is 9.97 Å². The standard InChI is InChI=1S/C12H9N3O2/c1-15-5-8(6-16)10-11(9-3-2-4-17-9)13-7-14-12(10)15/h2-7H,1H3. The second-order valence-corrected chi connectivity index (χ2v) is 3.71. The summed E-state index contributed by atoms with van der Waals surface area (Å²) in [6.07, 6.45) is 5.58. The topological polar surface area (TPSA) is 60.9 Å². The van der Waals surface area contributed by atoms with Gasteiger partial charge in [-0.05, 0) is 12.1 Å². The zero-order chi connectivity index (χ0) is 11.8. The molecule has 3 rings (SSSR count). The first-order valence-corrected chi connectivity index (χ1v) is 5.10. The Morgan fingerprint density at radius 1 is 1.41 bits per heavy atom. The van der Waals surface area contributed by atoms with Gasteiger partial charge in [-0.1, -0.05) is 0 Å². The molecule has 0 saturated heterocycles. The Morgan fingerprint density at radius 2 is 2.29 bits per heavy atom. The molecule has 0 aliphatic rings. The third kappa shape index (κ3) is 1.36. The van der Waals surface area contributed by atoms with E-state index in [9.17, 15) is 4.79 Å². The van der Waals surface area contributed by atoms with Gasteiger partial charge >= 0.3 is 0 Å². The molecule has 0 aliphatic heterocycles. The Bertz CT molecular complexity index is 683. The van der Waals surface area contributed by atoms with Gasteiger partial charge < -0.3 is 8.98 Å². The predicted molar refractivity (Wildman–Crippen MR) is 61.6 cm³/mol. The Hall–Kier alpha value is -2.43. The molecule has 0 saturated carbocycles. The van der Waals surface area contributed by atoms with Gasteiger partial charge in [0, 0.05) is 18.8 Å². The Balaban J connectivity index is 2.43. The first-order chi connectivity index (χ1) is 8.31. The lowest BCUT2D eigenvalue weighted by atomic mass is 10.1. The minimum absolute atomic E-state index is 0.564. The van der Waals surface area contributed by atoms with Gasteiger partial charge in [0.15, 0.2) is 12.0 Å². The summed E-state index contributed by atoms with van der Waals surface area (Å²) in [4.78, 5) is 19.4. The molecule has 3 heterocycles. The summed E-state index contributed by atoms with van der Waals surface area (Å²) in [5, 5.41) is 0.722. The molecule has 0 N–H and O–H groups in total. The highest BCUT2D eigenvalue weighted by molar-refractivity contribution is 6.02. The Labute approximate surface area is 96.7 Å². The number of aromatic nitrogens is 3. The van der Waals surface area contributed by atoms with E-state index in [0.29, 0.717) is 22.7 Å². The average Bonchev–Trinajstić information content (AvgIpc) is 2.97. The molecule has 0 fully saturated rings. The van der Waals surface area contributed by atoms with E-state index >= 15 is 0 Å². The molecule has 0 aliphatic carbocycles. The van der Waals surface area contributed by atoms with E-state index < -0.39 is 0 Å². The van der Waals surface area contributed by atoms with E-state index in [1.54, 1.807) is 23.1 Å². The molecule has 5 heteroatoms. The summed E-state index contributed by atoms with van der Waals surface area (Å²) in [6.45, 7) is 0. The lowest BCUT2D eigenvalue weighted by Gasteiger charge is -1.99. The molecule has 0 radical (unpaired) electrons. The van der Waals surface area contributed by atoms with Crippen LogP contribution in [0.5, 0.6) is 0 Å². The molecule has 3 aromatic heterocycles. The van der Waals surface area contributed by atoms with Crippen molar-refractivity contribution in [1.82, 2.24) is 14.5 Å². The molecule has 84 valence electrons. The van der Waals surface area contributed by atoms with Crippen molar-refractivity contribution >= 4 is 17.3 Å². The van der Waals surface area contributed by atoms with Crippen LogP contribution >= 0.6 is 0 Å². The number of nitrogens with zero attached hydrogens (tertiary/aromatic N) is 3. The fourth-order valence-electron chi connectivity index (χ4n) is 1.93. The number of hydrogen-bond donors (Lipinski definition) is 0. The molecule has 3 aromatic rings. The summed E-state index contributed by atoms with van der Waals surface area (Å²) in [6, 6.07) is 3.59. The number of fused-ring (bicyclic) bond motifs is 1. The Kier molecular flexibility index (Phi) is 2.04. The van der Waals surface area contributed by atoms with Gasteiger partial charge in [-0.2, -0.15) is 0 Å². The van der Waals surface area contributed by atoms with Crippen LogP contribution in [-0.4, -0.2) is 20.8 Å². The van der Waals surface area contributed by atoms with Crippen LogP contribution in [0.3, 0.4) is 0 Å². The van der Waals surface area contributed by atoms with E-state index in [-0.39, 0.29) is 0 Å². The molecule has 0 amide bonds. The van der Waals surface area contributed by atoms with Crippen molar-refractivity contribution in [3.05, 3.63) is 36.5 Å². The number of carbonyl (C=O) groups excluding carboxylic acids is 1. The minimum atomic E-state index is 0.564. The molecule has 0 spiro atoms. The van der Waals surface area contributed by atoms with Gasteiger partial charge in [0.2, 0.25) is 0 Å². The van der Waals surface area contributed by atoms with Crippen molar-refractivity contribution in [2.24, 2.45) is 7.05 Å². The second kappa shape index (κ2) is 3.55. The maximum absolute atomic E-state index is 11.1. The zero-order valence-corrected chi connectivity index (χ0v) is 9.12. The Morgan fingerprint density at radius 3 is 3.00 bits per heavy atom. The van der Waals surface area contributed by atoms with Crippen LogP contribution in [0.15, 0.2) is 35.3 Å². The molecule has 0 atom stereocenters. The third-order valence-electron chi connectivity index (χ3n) is 2.66. The molecule has 0 unspecified atom stereocenters. The highest BCUT2D eigenvalue weighted by Gasteiger charge is 2.15. The smallest absolute Gasteiger partial charge is 0.153 e. The largest absolute Gasteiger partial charge is 0.463 e. The predicted octanol–water partition coefficient (Wildman–Crippen LogP) is 2.04. The molecule has 0 aromatic carbocycles. The summed E-state index contributed by atoms with van der Waals surface area (Å²) in [5.41, 5.74) is 1.92. The van der Waals surface area contributed by atoms with E-state index in [2.05, 4.69) is 9.97 Å². The van der Waals surface area contributed by atoms with Gasteiger partial charge in [-0.15, -0.1) is 0 Å². The van der Waals surface area contributed by atoms with Crippen molar-refractivity contribution < 1.29 is 9.21 Å².